The van der Waals surface area contributed by atoms with E-state index in [0.717, 1.165) is 16.4 Å². The SMILES string of the molecule is O=C(CN1CCN(S(=O)(=O)c2ccccc2[N+](=O)[O-])CC1)Nc1ccc(Cl)cc1F. The lowest BCUT2D eigenvalue weighted by atomic mass is 10.3. The van der Waals surface area contributed by atoms with Crippen LogP contribution in [0.4, 0.5) is 15.8 Å². The standard InChI is InChI=1S/C18H18ClFN4O5S/c19-13-5-6-15(14(20)11-13)21-18(25)12-22-7-9-23(10-8-22)30(28,29)17-4-2-1-3-16(17)24(26)27/h1-6,11H,7-10,12H2,(H,21,25). The number of benzene rings is 2. The molecule has 1 saturated heterocycles. The predicted molar refractivity (Wildman–Crippen MR) is 108 cm³/mol. The number of hydrogen-bond donors (Lipinski definition) is 1. The highest BCUT2D eigenvalue weighted by Gasteiger charge is 2.33. The van der Waals surface area contributed by atoms with Crippen LogP contribution in [0.5, 0.6) is 0 Å². The van der Waals surface area contributed by atoms with Crippen LogP contribution in [0.25, 0.3) is 0 Å². The molecule has 3 rings (SSSR count). The molecule has 1 heterocycles. The number of anilines is 1. The van der Waals surface area contributed by atoms with Gasteiger partial charge < -0.3 is 5.32 Å². The van der Waals surface area contributed by atoms with E-state index < -0.39 is 32.4 Å². The Morgan fingerprint density at radius 1 is 1.17 bits per heavy atom. The van der Waals surface area contributed by atoms with E-state index in [1.807, 2.05) is 0 Å². The summed E-state index contributed by atoms with van der Waals surface area (Å²) in [4.78, 5) is 24.0. The lowest BCUT2D eigenvalue weighted by Crippen LogP contribution is -2.50. The molecular formula is C18H18ClFN4O5S. The van der Waals surface area contributed by atoms with Crippen LogP contribution in [-0.4, -0.2) is 61.2 Å². The highest BCUT2D eigenvalue weighted by molar-refractivity contribution is 7.89. The monoisotopic (exact) mass is 456 g/mol. The number of halogens is 2. The van der Waals surface area contributed by atoms with Gasteiger partial charge in [-0.1, -0.05) is 23.7 Å². The summed E-state index contributed by atoms with van der Waals surface area (Å²) in [6.45, 7) is 0.572. The van der Waals surface area contributed by atoms with E-state index in [-0.39, 0.29) is 48.3 Å². The van der Waals surface area contributed by atoms with E-state index in [9.17, 15) is 27.7 Å². The average Bonchev–Trinajstić information content (AvgIpc) is 2.70. The fourth-order valence-electron chi connectivity index (χ4n) is 3.08. The lowest BCUT2D eigenvalue weighted by Gasteiger charge is -2.33. The highest BCUT2D eigenvalue weighted by Crippen LogP contribution is 2.27. The first-order valence-corrected chi connectivity index (χ1v) is 10.7. The van der Waals surface area contributed by atoms with Crippen molar-refractivity contribution in [2.24, 2.45) is 0 Å². The van der Waals surface area contributed by atoms with Crippen molar-refractivity contribution in [3.05, 3.63) is 63.4 Å². The second-order valence-electron chi connectivity index (χ2n) is 6.58. The largest absolute Gasteiger partial charge is 0.322 e. The van der Waals surface area contributed by atoms with Crippen molar-refractivity contribution in [2.75, 3.05) is 38.0 Å². The molecule has 1 aliphatic rings. The molecule has 0 bridgehead atoms. The van der Waals surface area contributed by atoms with Crippen molar-refractivity contribution >= 4 is 38.9 Å². The van der Waals surface area contributed by atoms with Gasteiger partial charge in [-0.25, -0.2) is 12.8 Å². The first-order valence-electron chi connectivity index (χ1n) is 8.89. The molecule has 1 N–H and O–H groups in total. The van der Waals surface area contributed by atoms with Gasteiger partial charge in [-0.2, -0.15) is 4.31 Å². The smallest absolute Gasteiger partial charge is 0.289 e. The summed E-state index contributed by atoms with van der Waals surface area (Å²) < 4.78 is 40.6. The summed E-state index contributed by atoms with van der Waals surface area (Å²) in [5, 5.41) is 13.8. The Morgan fingerprint density at radius 2 is 1.83 bits per heavy atom. The van der Waals surface area contributed by atoms with Crippen LogP contribution in [0, 0.1) is 15.9 Å². The Balaban J connectivity index is 1.60. The Bertz CT molecular complexity index is 1070. The van der Waals surface area contributed by atoms with E-state index in [1.54, 1.807) is 4.90 Å². The number of piperazine rings is 1. The second-order valence-corrected chi connectivity index (χ2v) is 8.92. The molecule has 1 aliphatic heterocycles. The minimum Gasteiger partial charge on any atom is -0.322 e. The summed E-state index contributed by atoms with van der Waals surface area (Å²) in [7, 11) is -4.05. The zero-order chi connectivity index (χ0) is 21.9. The summed E-state index contributed by atoms with van der Waals surface area (Å²) in [6, 6.07) is 9.06. The third-order valence-corrected chi connectivity index (χ3v) is 6.76. The molecule has 0 radical (unpaired) electrons. The molecule has 0 aromatic heterocycles. The van der Waals surface area contributed by atoms with E-state index in [0.29, 0.717) is 0 Å². The van der Waals surface area contributed by atoms with Crippen LogP contribution in [0.2, 0.25) is 5.02 Å². The van der Waals surface area contributed by atoms with E-state index >= 15 is 0 Å². The van der Waals surface area contributed by atoms with Crippen LogP contribution < -0.4 is 5.32 Å². The first kappa shape index (κ1) is 22.1. The Labute approximate surface area is 177 Å². The highest BCUT2D eigenvalue weighted by atomic mass is 35.5. The first-order chi connectivity index (χ1) is 14.2. The molecular weight excluding hydrogens is 439 g/mol. The molecule has 1 amide bonds. The fraction of sp³-hybridized carbons (Fsp3) is 0.278. The summed E-state index contributed by atoms with van der Waals surface area (Å²) in [5.74, 6) is -1.11. The molecule has 0 unspecified atom stereocenters. The number of nitrogens with one attached hydrogen (secondary N) is 1. The van der Waals surface area contributed by atoms with Crippen LogP contribution >= 0.6 is 11.6 Å². The molecule has 160 valence electrons. The molecule has 0 saturated carbocycles. The van der Waals surface area contributed by atoms with Crippen molar-refractivity contribution in [1.82, 2.24) is 9.21 Å². The number of carbonyl (C=O) groups excluding carboxylic acids is 1. The average molecular weight is 457 g/mol. The number of nitrogens with zero attached hydrogens (tertiary/aromatic N) is 3. The number of hydrogen-bond acceptors (Lipinski definition) is 6. The van der Waals surface area contributed by atoms with Gasteiger partial charge in [0.1, 0.15) is 5.82 Å². The maximum absolute atomic E-state index is 13.8. The quantitative estimate of drug-likeness (QED) is 0.527. The molecule has 0 atom stereocenters. The van der Waals surface area contributed by atoms with Gasteiger partial charge in [0.25, 0.3) is 5.69 Å². The van der Waals surface area contributed by atoms with Crippen LogP contribution in [-0.2, 0) is 14.8 Å². The van der Waals surface area contributed by atoms with E-state index in [1.165, 1.54) is 30.3 Å². The molecule has 2 aromatic carbocycles. The molecule has 1 fully saturated rings. The number of carbonyl (C=O) groups is 1. The topological polar surface area (TPSA) is 113 Å². The fourth-order valence-corrected chi connectivity index (χ4v) is 4.82. The predicted octanol–water partition coefficient (Wildman–Crippen LogP) is 2.33. The third kappa shape index (κ3) is 4.93. The third-order valence-electron chi connectivity index (χ3n) is 4.58. The van der Waals surface area contributed by atoms with Gasteiger partial charge in [-0.15, -0.1) is 0 Å². The summed E-state index contributed by atoms with van der Waals surface area (Å²) in [6.07, 6.45) is 0. The number of sulfonamides is 1. The summed E-state index contributed by atoms with van der Waals surface area (Å²) >= 11 is 5.68. The number of para-hydroxylation sites is 1. The summed E-state index contributed by atoms with van der Waals surface area (Å²) in [5.41, 5.74) is -0.480. The number of amides is 1. The minimum atomic E-state index is -4.05. The zero-order valence-electron chi connectivity index (χ0n) is 15.6. The normalized spacial score (nSPS) is 15.7. The molecule has 12 heteroatoms. The van der Waals surface area contributed by atoms with Gasteiger partial charge in [0.05, 0.1) is 17.2 Å². The van der Waals surface area contributed by atoms with Gasteiger partial charge in [-0.05, 0) is 24.3 Å². The maximum Gasteiger partial charge on any atom is 0.289 e. The molecule has 9 nitrogen and oxygen atoms in total. The van der Waals surface area contributed by atoms with Crippen LogP contribution in [0.1, 0.15) is 0 Å². The Morgan fingerprint density at radius 3 is 2.47 bits per heavy atom. The van der Waals surface area contributed by atoms with E-state index in [4.69, 9.17) is 11.6 Å². The molecule has 0 aliphatic carbocycles. The Hall–Kier alpha value is -2.60. The minimum absolute atomic E-state index is 0.00185. The van der Waals surface area contributed by atoms with Gasteiger partial charge >= 0.3 is 0 Å². The van der Waals surface area contributed by atoms with Crippen molar-refractivity contribution in [3.63, 3.8) is 0 Å². The zero-order valence-corrected chi connectivity index (χ0v) is 17.2. The second kappa shape index (κ2) is 9.04. The number of nitro benzene ring substituents is 1. The Kier molecular flexibility index (Phi) is 6.66. The maximum atomic E-state index is 13.8. The number of rotatable bonds is 6. The van der Waals surface area contributed by atoms with Crippen molar-refractivity contribution < 1.29 is 22.5 Å². The van der Waals surface area contributed by atoms with Gasteiger partial charge in [0, 0.05) is 37.3 Å². The molecule has 2 aromatic rings. The van der Waals surface area contributed by atoms with Crippen LogP contribution in [0.15, 0.2) is 47.4 Å². The van der Waals surface area contributed by atoms with Gasteiger partial charge in [0.15, 0.2) is 4.90 Å². The molecule has 30 heavy (non-hydrogen) atoms. The molecule has 0 spiro atoms. The van der Waals surface area contributed by atoms with Gasteiger partial charge in [0.2, 0.25) is 15.9 Å². The van der Waals surface area contributed by atoms with Crippen LogP contribution in [0.3, 0.4) is 0 Å². The van der Waals surface area contributed by atoms with E-state index in [2.05, 4.69) is 5.32 Å². The lowest BCUT2D eigenvalue weighted by molar-refractivity contribution is -0.387. The van der Waals surface area contributed by atoms with Crippen molar-refractivity contribution in [1.29, 1.82) is 0 Å². The number of nitro groups is 1. The van der Waals surface area contributed by atoms with Crippen molar-refractivity contribution in [3.8, 4) is 0 Å². The van der Waals surface area contributed by atoms with Gasteiger partial charge in [-0.3, -0.25) is 19.8 Å². The van der Waals surface area contributed by atoms with Crippen molar-refractivity contribution in [2.45, 2.75) is 4.90 Å².